The Balaban J connectivity index is 1.66. The summed E-state index contributed by atoms with van der Waals surface area (Å²) in [5.74, 6) is 1.97. The molecule has 0 aliphatic rings. The molecule has 0 fully saturated rings. The summed E-state index contributed by atoms with van der Waals surface area (Å²) in [6, 6.07) is 24.9. The minimum atomic E-state index is 0.106. The highest BCUT2D eigenvalue weighted by Gasteiger charge is 2.12. The summed E-state index contributed by atoms with van der Waals surface area (Å²) in [5.41, 5.74) is 3.27. The molecule has 0 bridgehead atoms. The molecule has 34 heavy (non-hydrogen) atoms. The first kappa shape index (κ1) is 23.4. The number of hydrogen-bond donors (Lipinski definition) is 1. The predicted octanol–water partition coefficient (Wildman–Crippen LogP) is 6.54. The van der Waals surface area contributed by atoms with Crippen molar-refractivity contribution in [1.29, 1.82) is 0 Å². The van der Waals surface area contributed by atoms with Gasteiger partial charge in [0.05, 0.1) is 18.5 Å². The van der Waals surface area contributed by atoms with Crippen molar-refractivity contribution >= 4 is 28.0 Å². The molecule has 0 unspecified atom stereocenters. The third kappa shape index (κ3) is 5.80. The zero-order valence-electron chi connectivity index (χ0n) is 19.0. The van der Waals surface area contributed by atoms with Crippen molar-refractivity contribution in [2.24, 2.45) is 5.10 Å². The van der Waals surface area contributed by atoms with Gasteiger partial charge in [0, 0.05) is 40.3 Å². The molecule has 0 aliphatic heterocycles. The average Bonchev–Trinajstić information content (AvgIpc) is 2.87. The Hall–Kier alpha value is -3.71. The highest BCUT2D eigenvalue weighted by molar-refractivity contribution is 9.10. The summed E-state index contributed by atoms with van der Waals surface area (Å²) in [6.45, 7) is 2.64. The molecular formula is C27H25BrN4O2. The number of phenolic OH excluding ortho intramolecular Hbond substituents is 1. The molecule has 1 aromatic heterocycles. The van der Waals surface area contributed by atoms with Gasteiger partial charge in [-0.3, -0.25) is 5.01 Å². The Morgan fingerprint density at radius 2 is 1.74 bits per heavy atom. The molecule has 1 N–H and O–H groups in total. The van der Waals surface area contributed by atoms with Crippen molar-refractivity contribution in [1.82, 2.24) is 9.97 Å². The second-order valence-corrected chi connectivity index (χ2v) is 8.56. The molecule has 0 radical (unpaired) electrons. The topological polar surface area (TPSA) is 70.8 Å². The van der Waals surface area contributed by atoms with Gasteiger partial charge in [0.2, 0.25) is 0 Å². The van der Waals surface area contributed by atoms with Crippen molar-refractivity contribution < 1.29 is 9.84 Å². The Labute approximate surface area is 207 Å². The number of nitrogens with zero attached hydrogens (tertiary/aromatic N) is 4. The Bertz CT molecular complexity index is 1280. The molecule has 4 rings (SSSR count). The van der Waals surface area contributed by atoms with Crippen LogP contribution in [-0.2, 0) is 0 Å². The third-order valence-corrected chi connectivity index (χ3v) is 5.59. The molecule has 172 valence electrons. The monoisotopic (exact) mass is 516 g/mol. The molecule has 0 spiro atoms. The van der Waals surface area contributed by atoms with Crippen molar-refractivity contribution in [2.45, 2.75) is 13.3 Å². The van der Waals surface area contributed by atoms with E-state index in [0.717, 1.165) is 27.7 Å². The van der Waals surface area contributed by atoms with Crippen molar-refractivity contribution in [3.8, 4) is 34.1 Å². The number of aromatic hydroxyl groups is 1. The van der Waals surface area contributed by atoms with E-state index in [1.165, 1.54) is 0 Å². The Kier molecular flexibility index (Phi) is 7.54. The van der Waals surface area contributed by atoms with Crippen molar-refractivity contribution in [2.75, 3.05) is 18.7 Å². The molecule has 0 amide bonds. The maximum Gasteiger partial charge on any atom is 0.162 e. The van der Waals surface area contributed by atoms with Crippen LogP contribution in [0.5, 0.6) is 11.5 Å². The summed E-state index contributed by atoms with van der Waals surface area (Å²) in [5, 5.41) is 16.5. The van der Waals surface area contributed by atoms with Crippen LogP contribution in [0, 0.1) is 0 Å². The largest absolute Gasteiger partial charge is 0.507 e. The second-order valence-electron chi connectivity index (χ2n) is 7.65. The Morgan fingerprint density at radius 3 is 2.44 bits per heavy atom. The van der Waals surface area contributed by atoms with E-state index in [1.54, 1.807) is 23.4 Å². The second kappa shape index (κ2) is 10.9. The smallest absolute Gasteiger partial charge is 0.162 e. The highest BCUT2D eigenvalue weighted by Crippen LogP contribution is 2.27. The summed E-state index contributed by atoms with van der Waals surface area (Å²) in [4.78, 5) is 9.54. The third-order valence-electron chi connectivity index (χ3n) is 5.06. The fraction of sp³-hybridized carbons (Fsp3) is 0.148. The van der Waals surface area contributed by atoms with E-state index in [-0.39, 0.29) is 5.75 Å². The van der Waals surface area contributed by atoms with Crippen LogP contribution < -0.4 is 9.75 Å². The molecule has 0 aliphatic carbocycles. The fourth-order valence-corrected chi connectivity index (χ4v) is 3.50. The van der Waals surface area contributed by atoms with E-state index in [9.17, 15) is 5.11 Å². The molecule has 4 aromatic rings. The first-order valence-electron chi connectivity index (χ1n) is 11.0. The molecule has 0 saturated carbocycles. The standard InChI is InChI=1S/C27H25BrN4O2/c1-3-15-34-23-14-11-21(25(33)16-23)18-29-32(2)26-17-24(19-7-5-4-6-8-19)30-27(31-26)20-9-12-22(28)13-10-20/h4-14,16-18,33H,3,15H2,1-2H3. The van der Waals surface area contributed by atoms with Crippen LogP contribution in [0.1, 0.15) is 18.9 Å². The van der Waals surface area contributed by atoms with E-state index >= 15 is 0 Å². The van der Waals surface area contributed by atoms with Crippen LogP contribution in [0.4, 0.5) is 5.82 Å². The van der Waals surface area contributed by atoms with Gasteiger partial charge in [-0.2, -0.15) is 5.10 Å². The van der Waals surface area contributed by atoms with Crippen LogP contribution >= 0.6 is 15.9 Å². The number of ether oxygens (including phenoxy) is 1. The first-order valence-corrected chi connectivity index (χ1v) is 11.8. The van der Waals surface area contributed by atoms with E-state index in [2.05, 4.69) is 21.0 Å². The number of anilines is 1. The van der Waals surface area contributed by atoms with Crippen LogP contribution in [0.3, 0.4) is 0 Å². The molecule has 7 heteroatoms. The quantitative estimate of drug-likeness (QED) is 0.212. The predicted molar refractivity (Wildman–Crippen MR) is 140 cm³/mol. The lowest BCUT2D eigenvalue weighted by Crippen LogP contribution is -2.12. The van der Waals surface area contributed by atoms with Gasteiger partial charge in [-0.05, 0) is 30.7 Å². The van der Waals surface area contributed by atoms with Gasteiger partial charge >= 0.3 is 0 Å². The lowest BCUT2D eigenvalue weighted by molar-refractivity contribution is 0.315. The summed E-state index contributed by atoms with van der Waals surface area (Å²) in [7, 11) is 1.81. The lowest BCUT2D eigenvalue weighted by atomic mass is 10.1. The number of hydrogen-bond acceptors (Lipinski definition) is 6. The van der Waals surface area contributed by atoms with E-state index < -0.39 is 0 Å². The maximum atomic E-state index is 10.4. The van der Waals surface area contributed by atoms with Crippen LogP contribution in [-0.4, -0.2) is 34.9 Å². The highest BCUT2D eigenvalue weighted by atomic mass is 79.9. The van der Waals surface area contributed by atoms with Gasteiger partial charge in [-0.25, -0.2) is 9.97 Å². The maximum absolute atomic E-state index is 10.4. The normalized spacial score (nSPS) is 11.0. The number of benzene rings is 3. The van der Waals surface area contributed by atoms with Crippen molar-refractivity contribution in [3.63, 3.8) is 0 Å². The number of phenols is 1. The van der Waals surface area contributed by atoms with E-state index in [1.807, 2.05) is 80.7 Å². The molecule has 0 saturated heterocycles. The molecule has 3 aromatic carbocycles. The summed E-state index contributed by atoms with van der Waals surface area (Å²) < 4.78 is 6.56. The van der Waals surface area contributed by atoms with Gasteiger partial charge in [0.25, 0.3) is 0 Å². The van der Waals surface area contributed by atoms with Gasteiger partial charge in [0.1, 0.15) is 11.5 Å². The van der Waals surface area contributed by atoms with E-state index in [4.69, 9.17) is 14.7 Å². The van der Waals surface area contributed by atoms with Gasteiger partial charge in [-0.1, -0.05) is 65.3 Å². The fourth-order valence-electron chi connectivity index (χ4n) is 3.24. The minimum Gasteiger partial charge on any atom is -0.507 e. The van der Waals surface area contributed by atoms with Crippen molar-refractivity contribution in [3.05, 3.63) is 88.9 Å². The number of halogens is 1. The number of rotatable bonds is 8. The summed E-state index contributed by atoms with van der Waals surface area (Å²) >= 11 is 3.48. The molecular weight excluding hydrogens is 492 g/mol. The summed E-state index contributed by atoms with van der Waals surface area (Å²) in [6.07, 6.45) is 2.50. The van der Waals surface area contributed by atoms with Crippen LogP contribution in [0.2, 0.25) is 0 Å². The Morgan fingerprint density at radius 1 is 0.971 bits per heavy atom. The SMILES string of the molecule is CCCOc1ccc(C=NN(C)c2cc(-c3ccccc3)nc(-c3ccc(Br)cc3)n2)c(O)c1. The van der Waals surface area contributed by atoms with Crippen LogP contribution in [0.25, 0.3) is 22.6 Å². The van der Waals surface area contributed by atoms with E-state index in [0.29, 0.717) is 29.6 Å². The zero-order chi connectivity index (χ0) is 23.9. The molecule has 6 nitrogen and oxygen atoms in total. The number of hydrazone groups is 1. The average molecular weight is 517 g/mol. The van der Waals surface area contributed by atoms with Gasteiger partial charge in [-0.15, -0.1) is 0 Å². The molecule has 0 atom stereocenters. The molecule has 1 heterocycles. The number of aromatic nitrogens is 2. The van der Waals surface area contributed by atoms with Crippen LogP contribution in [0.15, 0.2) is 88.4 Å². The van der Waals surface area contributed by atoms with Gasteiger partial charge < -0.3 is 9.84 Å². The van der Waals surface area contributed by atoms with Gasteiger partial charge in [0.15, 0.2) is 11.6 Å². The zero-order valence-corrected chi connectivity index (χ0v) is 20.6. The first-order chi connectivity index (χ1) is 16.5. The minimum absolute atomic E-state index is 0.106. The lowest BCUT2D eigenvalue weighted by Gasteiger charge is -2.15.